The summed E-state index contributed by atoms with van der Waals surface area (Å²) in [6, 6.07) is 19.9. The summed E-state index contributed by atoms with van der Waals surface area (Å²) in [4.78, 5) is 0. The van der Waals surface area contributed by atoms with E-state index in [1.165, 1.54) is 22.3 Å². The van der Waals surface area contributed by atoms with Gasteiger partial charge in [-0.1, -0.05) is 99.5 Å². The Labute approximate surface area is 170 Å². The SMILES string of the molecule is CCC1=C(CC)C(CC)=C(CC)[C]1C1C=C(c2ccccc2)c2ccccc21. The molecule has 2 aromatic rings. The van der Waals surface area contributed by atoms with Crippen LogP contribution in [0.25, 0.3) is 5.57 Å². The smallest absolute Gasteiger partial charge is 0.0376 e. The summed E-state index contributed by atoms with van der Waals surface area (Å²) in [5.74, 6) is 1.99. The number of rotatable bonds is 6. The number of allylic oxidation sites excluding steroid dienone is 5. The molecule has 1 unspecified atom stereocenters. The fourth-order valence-corrected chi connectivity index (χ4v) is 5.38. The van der Waals surface area contributed by atoms with E-state index in [4.69, 9.17) is 0 Å². The highest BCUT2D eigenvalue weighted by atomic mass is 14.4. The molecule has 143 valence electrons. The van der Waals surface area contributed by atoms with Gasteiger partial charge in [-0.15, -0.1) is 0 Å². The lowest BCUT2D eigenvalue weighted by Gasteiger charge is -2.25. The second-order valence-corrected chi connectivity index (χ2v) is 7.75. The minimum absolute atomic E-state index is 0.377. The number of hydrogen-bond donors (Lipinski definition) is 0. The summed E-state index contributed by atoms with van der Waals surface area (Å²) < 4.78 is 0. The Kier molecular flexibility index (Phi) is 5.40. The van der Waals surface area contributed by atoms with Gasteiger partial charge in [0.15, 0.2) is 0 Å². The quantitative estimate of drug-likeness (QED) is 0.484. The molecule has 1 radical (unpaired) electrons. The first-order valence-electron chi connectivity index (χ1n) is 10.9. The molecule has 0 spiro atoms. The summed E-state index contributed by atoms with van der Waals surface area (Å²) >= 11 is 0. The van der Waals surface area contributed by atoms with Gasteiger partial charge in [-0.3, -0.25) is 0 Å². The molecule has 0 bridgehead atoms. The van der Waals surface area contributed by atoms with Crippen molar-refractivity contribution in [1.29, 1.82) is 0 Å². The highest BCUT2D eigenvalue weighted by molar-refractivity contribution is 5.87. The van der Waals surface area contributed by atoms with Gasteiger partial charge in [-0.2, -0.15) is 0 Å². The van der Waals surface area contributed by atoms with Gasteiger partial charge in [0.05, 0.1) is 0 Å². The lowest BCUT2D eigenvalue weighted by molar-refractivity contribution is 0.837. The molecule has 0 heterocycles. The first kappa shape index (κ1) is 19.0. The van der Waals surface area contributed by atoms with E-state index in [0.717, 1.165) is 25.7 Å². The van der Waals surface area contributed by atoms with Crippen molar-refractivity contribution in [2.75, 3.05) is 0 Å². The highest BCUT2D eigenvalue weighted by Crippen LogP contribution is 2.55. The summed E-state index contributed by atoms with van der Waals surface area (Å²) in [6.45, 7) is 9.31. The van der Waals surface area contributed by atoms with Gasteiger partial charge in [0.1, 0.15) is 0 Å². The molecule has 0 aliphatic heterocycles. The van der Waals surface area contributed by atoms with E-state index in [1.54, 1.807) is 28.2 Å². The third-order valence-electron chi connectivity index (χ3n) is 6.47. The summed E-state index contributed by atoms with van der Waals surface area (Å²) in [6.07, 6.45) is 7.07. The highest BCUT2D eigenvalue weighted by Gasteiger charge is 2.39. The van der Waals surface area contributed by atoms with E-state index in [1.807, 2.05) is 0 Å². The van der Waals surface area contributed by atoms with Crippen LogP contribution in [0.3, 0.4) is 0 Å². The van der Waals surface area contributed by atoms with E-state index in [2.05, 4.69) is 88.4 Å². The van der Waals surface area contributed by atoms with Crippen LogP contribution in [0.4, 0.5) is 0 Å². The summed E-state index contributed by atoms with van der Waals surface area (Å²) in [5.41, 5.74) is 12.1. The van der Waals surface area contributed by atoms with Gasteiger partial charge in [0, 0.05) is 11.8 Å². The Morgan fingerprint density at radius 3 is 1.71 bits per heavy atom. The summed E-state index contributed by atoms with van der Waals surface area (Å²) in [5, 5.41) is 0. The minimum Gasteiger partial charge on any atom is -0.0672 e. The van der Waals surface area contributed by atoms with E-state index >= 15 is 0 Å². The molecule has 0 saturated heterocycles. The van der Waals surface area contributed by atoms with Crippen LogP contribution in [-0.2, 0) is 0 Å². The standard InChI is InChI=1S/C28H31/c1-5-20-21(6-2)23(8-4)28(22(20)7-3)27-18-26(19-14-10-9-11-15-19)24-16-12-13-17-25(24)27/h9-18,27H,5-8H2,1-4H3. The normalized spacial score (nSPS) is 19.4. The zero-order valence-electron chi connectivity index (χ0n) is 17.7. The first-order valence-corrected chi connectivity index (χ1v) is 10.9. The van der Waals surface area contributed by atoms with Crippen molar-refractivity contribution < 1.29 is 0 Å². The zero-order valence-corrected chi connectivity index (χ0v) is 17.7. The third kappa shape index (κ3) is 2.91. The average molecular weight is 368 g/mol. The fraction of sp³-hybridized carbons (Fsp3) is 0.321. The Morgan fingerprint density at radius 2 is 1.14 bits per heavy atom. The molecule has 0 heteroatoms. The first-order chi connectivity index (χ1) is 13.7. The molecule has 0 saturated carbocycles. The summed E-state index contributed by atoms with van der Waals surface area (Å²) in [7, 11) is 0. The third-order valence-corrected chi connectivity index (χ3v) is 6.47. The van der Waals surface area contributed by atoms with Crippen molar-refractivity contribution in [2.24, 2.45) is 0 Å². The zero-order chi connectivity index (χ0) is 19.7. The molecule has 4 rings (SSSR count). The number of benzene rings is 2. The van der Waals surface area contributed by atoms with Crippen LogP contribution in [0.15, 0.2) is 83.0 Å². The molecule has 0 fully saturated rings. The molecule has 2 aromatic carbocycles. The lowest BCUT2D eigenvalue weighted by Crippen LogP contribution is -2.11. The average Bonchev–Trinajstić information content (AvgIpc) is 3.28. The minimum atomic E-state index is 0.377. The Balaban J connectivity index is 1.89. The number of fused-ring (bicyclic) bond motifs is 1. The van der Waals surface area contributed by atoms with Crippen LogP contribution in [0, 0.1) is 5.92 Å². The van der Waals surface area contributed by atoms with Crippen LogP contribution in [0.5, 0.6) is 0 Å². The van der Waals surface area contributed by atoms with Crippen LogP contribution in [-0.4, -0.2) is 0 Å². The fourth-order valence-electron chi connectivity index (χ4n) is 5.38. The topological polar surface area (TPSA) is 0 Å². The molecule has 2 aliphatic carbocycles. The molecule has 1 atom stereocenters. The van der Waals surface area contributed by atoms with Gasteiger partial charge in [-0.25, -0.2) is 0 Å². The molecule has 0 aromatic heterocycles. The monoisotopic (exact) mass is 367 g/mol. The van der Waals surface area contributed by atoms with Crippen molar-refractivity contribution in [3.63, 3.8) is 0 Å². The van der Waals surface area contributed by atoms with E-state index < -0.39 is 0 Å². The van der Waals surface area contributed by atoms with Crippen molar-refractivity contribution >= 4 is 5.57 Å². The molecule has 0 N–H and O–H groups in total. The predicted molar refractivity (Wildman–Crippen MR) is 121 cm³/mol. The largest absolute Gasteiger partial charge is 0.0672 e. The maximum Gasteiger partial charge on any atom is 0.0376 e. The van der Waals surface area contributed by atoms with Crippen molar-refractivity contribution in [3.05, 3.63) is 106 Å². The van der Waals surface area contributed by atoms with Gasteiger partial charge in [-0.05, 0) is 59.1 Å². The molecular formula is C28H31. The maximum absolute atomic E-state index is 2.53. The Bertz CT molecular complexity index is 925. The van der Waals surface area contributed by atoms with Crippen molar-refractivity contribution in [3.8, 4) is 0 Å². The Morgan fingerprint density at radius 1 is 0.607 bits per heavy atom. The van der Waals surface area contributed by atoms with E-state index in [0.29, 0.717) is 5.92 Å². The second kappa shape index (κ2) is 7.95. The molecular weight excluding hydrogens is 336 g/mol. The predicted octanol–water partition coefficient (Wildman–Crippen LogP) is 8.04. The molecule has 2 aliphatic rings. The lowest BCUT2D eigenvalue weighted by atomic mass is 9.78. The molecule has 28 heavy (non-hydrogen) atoms. The van der Waals surface area contributed by atoms with E-state index in [-0.39, 0.29) is 0 Å². The van der Waals surface area contributed by atoms with Crippen molar-refractivity contribution in [1.82, 2.24) is 0 Å². The van der Waals surface area contributed by atoms with Crippen LogP contribution in [0.1, 0.15) is 76.0 Å². The van der Waals surface area contributed by atoms with Gasteiger partial charge in [0.25, 0.3) is 0 Å². The Hall–Kier alpha value is -2.34. The van der Waals surface area contributed by atoms with Gasteiger partial charge < -0.3 is 0 Å². The maximum atomic E-state index is 2.53. The molecule has 0 nitrogen and oxygen atoms in total. The van der Waals surface area contributed by atoms with Crippen LogP contribution in [0.2, 0.25) is 0 Å². The van der Waals surface area contributed by atoms with Crippen LogP contribution < -0.4 is 0 Å². The van der Waals surface area contributed by atoms with E-state index in [9.17, 15) is 0 Å². The van der Waals surface area contributed by atoms with Gasteiger partial charge >= 0.3 is 0 Å². The molecule has 0 amide bonds. The van der Waals surface area contributed by atoms with Crippen molar-refractivity contribution in [2.45, 2.75) is 59.3 Å². The van der Waals surface area contributed by atoms with Gasteiger partial charge in [0.2, 0.25) is 0 Å². The van der Waals surface area contributed by atoms with Crippen LogP contribution >= 0.6 is 0 Å². The second-order valence-electron chi connectivity index (χ2n) is 7.75. The number of hydrogen-bond acceptors (Lipinski definition) is 0.